The number of hydrogen-bond donors (Lipinski definition) is 1. The molecule has 0 unspecified atom stereocenters. The van der Waals surface area contributed by atoms with Crippen LogP contribution in [0.1, 0.15) is 37.1 Å². The molecule has 2 atom stereocenters. The third kappa shape index (κ3) is 4.20. The number of hydrogen-bond acceptors (Lipinski definition) is 2. The van der Waals surface area contributed by atoms with Crippen molar-refractivity contribution in [3.8, 4) is 0 Å². The van der Waals surface area contributed by atoms with Gasteiger partial charge in [-0.05, 0) is 49.2 Å². The normalized spacial score (nSPS) is 13.3. The van der Waals surface area contributed by atoms with Crippen LogP contribution in [-0.2, 0) is 0 Å². The molecule has 122 valence electrons. The van der Waals surface area contributed by atoms with Crippen LogP contribution in [0.2, 0.25) is 5.02 Å². The van der Waals surface area contributed by atoms with Gasteiger partial charge in [-0.3, -0.25) is 4.98 Å². The fourth-order valence-corrected chi connectivity index (χ4v) is 2.59. The molecular weight excluding hydrogens is 317 g/mol. The summed E-state index contributed by atoms with van der Waals surface area (Å²) >= 11 is 6.03. The lowest BCUT2D eigenvalue weighted by Crippen LogP contribution is -2.40. The number of nitrogens with one attached hydrogen (secondary N) is 1. The number of urea groups is 1. The summed E-state index contributed by atoms with van der Waals surface area (Å²) in [4.78, 5) is 18.0. The average Bonchev–Trinajstić information content (AvgIpc) is 2.54. The van der Waals surface area contributed by atoms with Crippen molar-refractivity contribution in [2.24, 2.45) is 0 Å². The van der Waals surface area contributed by atoms with Gasteiger partial charge in [-0.15, -0.1) is 0 Å². The number of aromatic nitrogens is 1. The van der Waals surface area contributed by atoms with Crippen molar-refractivity contribution in [1.29, 1.82) is 0 Å². The first-order valence-corrected chi connectivity index (χ1v) is 7.66. The molecule has 1 heterocycles. The first-order chi connectivity index (χ1) is 10.9. The molecule has 0 saturated carbocycles. The van der Waals surface area contributed by atoms with E-state index in [4.69, 9.17) is 11.6 Å². The van der Waals surface area contributed by atoms with Gasteiger partial charge in [-0.1, -0.05) is 17.7 Å². The maximum atomic E-state index is 13.1. The van der Waals surface area contributed by atoms with Gasteiger partial charge in [0.05, 0.1) is 12.1 Å². The van der Waals surface area contributed by atoms with Crippen LogP contribution in [0.15, 0.2) is 42.7 Å². The molecule has 0 spiro atoms. The van der Waals surface area contributed by atoms with Crippen LogP contribution in [0.25, 0.3) is 0 Å². The van der Waals surface area contributed by atoms with Crippen molar-refractivity contribution >= 4 is 17.6 Å². The Hall–Kier alpha value is -2.14. The van der Waals surface area contributed by atoms with Crippen molar-refractivity contribution in [2.45, 2.75) is 25.9 Å². The second-order valence-electron chi connectivity index (χ2n) is 5.40. The minimum atomic E-state index is -0.402. The molecule has 0 aliphatic carbocycles. The summed E-state index contributed by atoms with van der Waals surface area (Å²) in [5, 5.41) is 3.17. The van der Waals surface area contributed by atoms with E-state index in [9.17, 15) is 9.18 Å². The highest BCUT2D eigenvalue weighted by atomic mass is 35.5. The van der Waals surface area contributed by atoms with Crippen LogP contribution in [0.4, 0.5) is 9.18 Å². The van der Waals surface area contributed by atoms with Gasteiger partial charge in [-0.2, -0.15) is 0 Å². The molecule has 6 heteroatoms. The predicted molar refractivity (Wildman–Crippen MR) is 88.8 cm³/mol. The molecule has 0 fully saturated rings. The summed E-state index contributed by atoms with van der Waals surface area (Å²) in [7, 11) is 1.72. The summed E-state index contributed by atoms with van der Waals surface area (Å²) < 4.78 is 13.1. The smallest absolute Gasteiger partial charge is 0.318 e. The number of amides is 2. The van der Waals surface area contributed by atoms with Gasteiger partial charge in [0, 0.05) is 24.5 Å². The van der Waals surface area contributed by atoms with Crippen molar-refractivity contribution in [3.05, 3.63) is 64.7 Å². The van der Waals surface area contributed by atoms with Gasteiger partial charge < -0.3 is 10.2 Å². The van der Waals surface area contributed by atoms with Crippen molar-refractivity contribution in [1.82, 2.24) is 15.2 Å². The second kappa shape index (κ2) is 7.42. The zero-order valence-electron chi connectivity index (χ0n) is 13.3. The van der Waals surface area contributed by atoms with E-state index in [0.29, 0.717) is 10.6 Å². The zero-order chi connectivity index (χ0) is 17.0. The van der Waals surface area contributed by atoms with Gasteiger partial charge >= 0.3 is 6.03 Å². The number of rotatable bonds is 4. The molecule has 0 saturated heterocycles. The lowest BCUT2D eigenvalue weighted by Gasteiger charge is -2.27. The highest BCUT2D eigenvalue weighted by Crippen LogP contribution is 2.24. The Balaban J connectivity index is 2.05. The number of carbonyl (C=O) groups excluding carboxylic acids is 1. The van der Waals surface area contributed by atoms with Gasteiger partial charge in [0.15, 0.2) is 0 Å². The SMILES string of the molecule is C[C@@H](NC(=O)N(C)[C@@H](C)c1ccncc1)c1ccc(F)cc1Cl. The van der Waals surface area contributed by atoms with Crippen LogP contribution in [0.5, 0.6) is 0 Å². The van der Waals surface area contributed by atoms with Crippen LogP contribution in [0.3, 0.4) is 0 Å². The molecule has 4 nitrogen and oxygen atoms in total. The van der Waals surface area contributed by atoms with Crippen LogP contribution >= 0.6 is 11.6 Å². The van der Waals surface area contributed by atoms with E-state index in [1.165, 1.54) is 12.1 Å². The van der Waals surface area contributed by atoms with Crippen LogP contribution in [-0.4, -0.2) is 23.0 Å². The third-order valence-electron chi connectivity index (χ3n) is 3.86. The topological polar surface area (TPSA) is 45.2 Å². The van der Waals surface area contributed by atoms with Crippen LogP contribution in [0, 0.1) is 5.82 Å². The largest absolute Gasteiger partial charge is 0.331 e. The van der Waals surface area contributed by atoms with E-state index in [1.54, 1.807) is 30.4 Å². The molecule has 0 radical (unpaired) electrons. The Bertz CT molecular complexity index is 681. The second-order valence-corrected chi connectivity index (χ2v) is 5.81. The number of nitrogens with zero attached hydrogens (tertiary/aromatic N) is 2. The first kappa shape index (κ1) is 17.2. The van der Waals surface area contributed by atoms with Crippen molar-refractivity contribution in [3.63, 3.8) is 0 Å². The van der Waals surface area contributed by atoms with E-state index in [2.05, 4.69) is 10.3 Å². The summed E-state index contributed by atoms with van der Waals surface area (Å²) in [5.74, 6) is -0.402. The highest BCUT2D eigenvalue weighted by molar-refractivity contribution is 6.31. The van der Waals surface area contributed by atoms with Gasteiger partial charge in [0.25, 0.3) is 0 Å². The Labute approximate surface area is 140 Å². The molecule has 1 aromatic heterocycles. The fraction of sp³-hybridized carbons (Fsp3) is 0.294. The standard InChI is InChI=1S/C17H19ClFN3O/c1-11(15-5-4-14(19)10-16(15)18)21-17(23)22(3)12(2)13-6-8-20-9-7-13/h4-12H,1-3H3,(H,21,23)/t11-,12+/m1/s1. The summed E-state index contributed by atoms with van der Waals surface area (Å²) in [6, 6.07) is 7.22. The maximum absolute atomic E-state index is 13.1. The van der Waals surface area contributed by atoms with E-state index < -0.39 is 5.82 Å². The number of pyridine rings is 1. The first-order valence-electron chi connectivity index (χ1n) is 7.28. The van der Waals surface area contributed by atoms with Gasteiger partial charge in [0.2, 0.25) is 0 Å². The van der Waals surface area contributed by atoms with Crippen molar-refractivity contribution < 1.29 is 9.18 Å². The maximum Gasteiger partial charge on any atom is 0.318 e. The molecule has 1 aromatic carbocycles. The Morgan fingerprint density at radius 3 is 2.52 bits per heavy atom. The zero-order valence-corrected chi connectivity index (χ0v) is 14.0. The number of halogens is 2. The van der Waals surface area contributed by atoms with E-state index >= 15 is 0 Å². The number of benzene rings is 1. The molecule has 2 rings (SSSR count). The Kier molecular flexibility index (Phi) is 5.55. The number of carbonyl (C=O) groups is 1. The minimum absolute atomic E-state index is 0.103. The molecule has 0 aliphatic heterocycles. The Morgan fingerprint density at radius 2 is 1.91 bits per heavy atom. The highest BCUT2D eigenvalue weighted by Gasteiger charge is 2.20. The lowest BCUT2D eigenvalue weighted by atomic mass is 10.1. The molecule has 2 aromatic rings. The molecule has 0 bridgehead atoms. The Morgan fingerprint density at radius 1 is 1.26 bits per heavy atom. The lowest BCUT2D eigenvalue weighted by molar-refractivity contribution is 0.191. The van der Waals surface area contributed by atoms with Crippen molar-refractivity contribution in [2.75, 3.05) is 7.05 Å². The molecule has 0 aliphatic rings. The van der Waals surface area contributed by atoms with E-state index in [1.807, 2.05) is 26.0 Å². The molecule has 2 amide bonds. The molecule has 23 heavy (non-hydrogen) atoms. The van der Waals surface area contributed by atoms with E-state index in [-0.39, 0.29) is 18.1 Å². The van der Waals surface area contributed by atoms with Gasteiger partial charge in [0.1, 0.15) is 5.82 Å². The summed E-state index contributed by atoms with van der Waals surface area (Å²) in [6.45, 7) is 3.74. The average molecular weight is 336 g/mol. The van der Waals surface area contributed by atoms with Gasteiger partial charge in [-0.25, -0.2) is 9.18 Å². The quantitative estimate of drug-likeness (QED) is 0.903. The predicted octanol–water partition coefficient (Wildman–Crippen LogP) is 4.34. The fourth-order valence-electron chi connectivity index (χ4n) is 2.26. The summed E-state index contributed by atoms with van der Waals surface area (Å²) in [6.07, 6.45) is 3.39. The van der Waals surface area contributed by atoms with E-state index in [0.717, 1.165) is 5.56 Å². The minimum Gasteiger partial charge on any atom is -0.331 e. The van der Waals surface area contributed by atoms with Crippen LogP contribution < -0.4 is 5.32 Å². The third-order valence-corrected chi connectivity index (χ3v) is 4.19. The monoisotopic (exact) mass is 335 g/mol. The summed E-state index contributed by atoms with van der Waals surface area (Å²) in [5.41, 5.74) is 1.66. The molecule has 1 N–H and O–H groups in total. The molecular formula is C17H19ClFN3O.